The normalized spacial score (nSPS) is 12.3. The van der Waals surface area contributed by atoms with Gasteiger partial charge < -0.3 is 4.98 Å². The van der Waals surface area contributed by atoms with Crippen LogP contribution in [-0.4, -0.2) is 10.8 Å². The van der Waals surface area contributed by atoms with Crippen LogP contribution in [0.4, 0.5) is 0 Å². The number of nitrogens with one attached hydrogen (secondary N) is 1. The molecule has 0 saturated heterocycles. The van der Waals surface area contributed by atoms with E-state index in [1.165, 1.54) is 33.2 Å². The van der Waals surface area contributed by atoms with Gasteiger partial charge >= 0.3 is 0 Å². The molecule has 0 bridgehead atoms. The average molecular weight is 418 g/mol. The number of carbonyl (C=O) groups is 1. The fourth-order valence-corrected chi connectivity index (χ4v) is 5.16. The maximum absolute atomic E-state index is 13.6. The molecule has 1 heterocycles. The molecular weight excluding hydrogens is 390 g/mol. The van der Waals surface area contributed by atoms with Crippen LogP contribution in [0.25, 0.3) is 21.7 Å². The average Bonchev–Trinajstić information content (AvgIpc) is 3.21. The number of H-pyrrole nitrogens is 1. The first-order chi connectivity index (χ1) is 15.5. The van der Waals surface area contributed by atoms with Crippen LogP contribution < -0.4 is 0 Å². The summed E-state index contributed by atoms with van der Waals surface area (Å²) in [6.45, 7) is 6.46. The number of para-hydroxylation sites is 1. The van der Waals surface area contributed by atoms with Crippen molar-refractivity contribution in [3.63, 3.8) is 0 Å². The monoisotopic (exact) mass is 417 g/mol. The standard InChI is InChI=1S/C30H27NO/c1-19-14-20(2)30(21(3)15-19)26(27-18-31-28-11-7-6-10-25(27)28)17-29(32)24-13-12-22-8-4-5-9-23(22)16-24/h4-16,18,26,31H,17H2,1-3H3/t26-/m1/s1. The highest BCUT2D eigenvalue weighted by Gasteiger charge is 2.25. The molecule has 5 aromatic rings. The van der Waals surface area contributed by atoms with Crippen LogP contribution in [0, 0.1) is 20.8 Å². The third-order valence-corrected chi connectivity index (χ3v) is 6.54. The molecule has 0 fully saturated rings. The van der Waals surface area contributed by atoms with Crippen LogP contribution in [0.15, 0.2) is 85.1 Å². The molecule has 1 atom stereocenters. The molecule has 0 aliphatic carbocycles. The molecule has 0 radical (unpaired) electrons. The summed E-state index contributed by atoms with van der Waals surface area (Å²) in [7, 11) is 0. The zero-order valence-electron chi connectivity index (χ0n) is 18.8. The largest absolute Gasteiger partial charge is 0.361 e. The second kappa shape index (κ2) is 8.12. The van der Waals surface area contributed by atoms with Crippen molar-refractivity contribution in [2.45, 2.75) is 33.1 Å². The van der Waals surface area contributed by atoms with Crippen LogP contribution in [0.1, 0.15) is 50.5 Å². The number of aromatic nitrogens is 1. The van der Waals surface area contributed by atoms with E-state index >= 15 is 0 Å². The van der Waals surface area contributed by atoms with Crippen LogP contribution in [0.5, 0.6) is 0 Å². The Bertz CT molecular complexity index is 1430. The Labute approximate surface area is 188 Å². The predicted octanol–water partition coefficient (Wildman–Crippen LogP) is 7.65. The molecule has 2 heteroatoms. The number of benzene rings is 4. The van der Waals surface area contributed by atoms with Crippen LogP contribution in [0.2, 0.25) is 0 Å². The van der Waals surface area contributed by atoms with Crippen molar-refractivity contribution in [1.29, 1.82) is 0 Å². The second-order valence-corrected chi connectivity index (χ2v) is 8.84. The van der Waals surface area contributed by atoms with E-state index in [9.17, 15) is 4.79 Å². The van der Waals surface area contributed by atoms with E-state index in [0.29, 0.717) is 6.42 Å². The Hall–Kier alpha value is -3.65. The molecule has 1 N–H and O–H groups in total. The maximum Gasteiger partial charge on any atom is 0.163 e. The summed E-state index contributed by atoms with van der Waals surface area (Å²) in [5.41, 5.74) is 8.05. The van der Waals surface area contributed by atoms with Gasteiger partial charge in [-0.15, -0.1) is 0 Å². The van der Waals surface area contributed by atoms with Gasteiger partial charge in [-0.2, -0.15) is 0 Å². The molecule has 0 aliphatic rings. The number of hydrogen-bond donors (Lipinski definition) is 1. The van der Waals surface area contributed by atoms with Crippen molar-refractivity contribution in [3.8, 4) is 0 Å². The molecule has 2 nitrogen and oxygen atoms in total. The summed E-state index contributed by atoms with van der Waals surface area (Å²) in [6.07, 6.45) is 2.52. The van der Waals surface area contributed by atoms with Gasteiger partial charge in [0, 0.05) is 35.0 Å². The van der Waals surface area contributed by atoms with Crippen molar-refractivity contribution in [1.82, 2.24) is 4.98 Å². The first-order valence-corrected chi connectivity index (χ1v) is 11.2. The number of Topliss-reactive ketones (excluding diaryl/α,β-unsaturated/α-hetero) is 1. The van der Waals surface area contributed by atoms with Crippen LogP contribution in [0.3, 0.4) is 0 Å². The van der Waals surface area contributed by atoms with E-state index in [1.807, 2.05) is 36.4 Å². The highest BCUT2D eigenvalue weighted by Crippen LogP contribution is 2.38. The van der Waals surface area contributed by atoms with E-state index in [-0.39, 0.29) is 11.7 Å². The first kappa shape index (κ1) is 20.3. The summed E-state index contributed by atoms with van der Waals surface area (Å²) in [6, 6.07) is 27.0. The van der Waals surface area contributed by atoms with E-state index in [4.69, 9.17) is 0 Å². The molecule has 0 amide bonds. The van der Waals surface area contributed by atoms with E-state index in [0.717, 1.165) is 21.9 Å². The number of ketones is 1. The number of rotatable bonds is 5. The molecular formula is C30H27NO. The Morgan fingerprint density at radius 1 is 0.812 bits per heavy atom. The van der Waals surface area contributed by atoms with Gasteiger partial charge in [-0.3, -0.25) is 4.79 Å². The summed E-state index contributed by atoms with van der Waals surface area (Å²) >= 11 is 0. The summed E-state index contributed by atoms with van der Waals surface area (Å²) < 4.78 is 0. The highest BCUT2D eigenvalue weighted by atomic mass is 16.1. The zero-order chi connectivity index (χ0) is 22.2. The number of carbonyl (C=O) groups excluding carboxylic acids is 1. The lowest BCUT2D eigenvalue weighted by Crippen LogP contribution is -2.12. The first-order valence-electron chi connectivity index (χ1n) is 11.2. The Kier molecular flexibility index (Phi) is 5.14. The number of fused-ring (bicyclic) bond motifs is 2. The van der Waals surface area contributed by atoms with E-state index < -0.39 is 0 Å². The lowest BCUT2D eigenvalue weighted by atomic mass is 9.81. The molecule has 32 heavy (non-hydrogen) atoms. The third-order valence-electron chi connectivity index (χ3n) is 6.54. The van der Waals surface area contributed by atoms with Gasteiger partial charge in [0.25, 0.3) is 0 Å². The molecule has 158 valence electrons. The minimum atomic E-state index is -0.00859. The minimum Gasteiger partial charge on any atom is -0.361 e. The SMILES string of the molecule is Cc1cc(C)c([C@H](CC(=O)c2ccc3ccccc3c2)c2c[nH]c3ccccc23)c(C)c1. The quantitative estimate of drug-likeness (QED) is 0.293. The van der Waals surface area contributed by atoms with Crippen molar-refractivity contribution < 1.29 is 4.79 Å². The molecule has 0 spiro atoms. The maximum atomic E-state index is 13.6. The van der Waals surface area contributed by atoms with Crippen LogP contribution >= 0.6 is 0 Å². The predicted molar refractivity (Wildman–Crippen MR) is 134 cm³/mol. The minimum absolute atomic E-state index is 0.00859. The van der Waals surface area contributed by atoms with Gasteiger partial charge in [0.2, 0.25) is 0 Å². The Balaban J connectivity index is 1.62. The van der Waals surface area contributed by atoms with Gasteiger partial charge in [0.05, 0.1) is 0 Å². The van der Waals surface area contributed by atoms with E-state index in [1.54, 1.807) is 0 Å². The fourth-order valence-electron chi connectivity index (χ4n) is 5.16. The smallest absolute Gasteiger partial charge is 0.163 e. The van der Waals surface area contributed by atoms with Gasteiger partial charge in [-0.05, 0) is 65.9 Å². The molecule has 0 saturated carbocycles. The molecule has 1 aromatic heterocycles. The van der Waals surface area contributed by atoms with Crippen molar-refractivity contribution in [3.05, 3.63) is 118 Å². The summed E-state index contributed by atoms with van der Waals surface area (Å²) in [4.78, 5) is 17.0. The van der Waals surface area contributed by atoms with Gasteiger partial charge in [0.1, 0.15) is 0 Å². The van der Waals surface area contributed by atoms with Gasteiger partial charge in [-0.25, -0.2) is 0 Å². The lowest BCUT2D eigenvalue weighted by Gasteiger charge is -2.22. The second-order valence-electron chi connectivity index (χ2n) is 8.84. The van der Waals surface area contributed by atoms with Gasteiger partial charge in [-0.1, -0.05) is 72.3 Å². The molecule has 5 rings (SSSR count). The van der Waals surface area contributed by atoms with E-state index in [2.05, 4.69) is 74.4 Å². The Morgan fingerprint density at radius 3 is 2.28 bits per heavy atom. The van der Waals surface area contributed by atoms with Gasteiger partial charge in [0.15, 0.2) is 5.78 Å². The lowest BCUT2D eigenvalue weighted by molar-refractivity contribution is 0.0978. The number of aromatic amines is 1. The van der Waals surface area contributed by atoms with Crippen molar-refractivity contribution in [2.24, 2.45) is 0 Å². The molecule has 0 aliphatic heterocycles. The van der Waals surface area contributed by atoms with Crippen molar-refractivity contribution >= 4 is 27.5 Å². The fraction of sp³-hybridized carbons (Fsp3) is 0.167. The summed E-state index contributed by atoms with van der Waals surface area (Å²) in [5, 5.41) is 3.44. The third kappa shape index (κ3) is 3.62. The Morgan fingerprint density at radius 2 is 1.50 bits per heavy atom. The van der Waals surface area contributed by atoms with Crippen molar-refractivity contribution in [2.75, 3.05) is 0 Å². The molecule has 4 aromatic carbocycles. The zero-order valence-corrected chi connectivity index (χ0v) is 18.8. The molecule has 0 unspecified atom stereocenters. The summed E-state index contributed by atoms with van der Waals surface area (Å²) in [5.74, 6) is 0.163. The number of hydrogen-bond acceptors (Lipinski definition) is 1. The highest BCUT2D eigenvalue weighted by molar-refractivity contribution is 6.01. The van der Waals surface area contributed by atoms with Crippen LogP contribution in [-0.2, 0) is 0 Å². The topological polar surface area (TPSA) is 32.9 Å². The number of aryl methyl sites for hydroxylation is 3.